The largest absolute Gasteiger partial charge is 0.469 e. The fourth-order valence-electron chi connectivity index (χ4n) is 1.80. The van der Waals surface area contributed by atoms with Gasteiger partial charge < -0.3 is 9.84 Å². The number of alkyl halides is 3. The number of halogens is 4. The Hall–Kier alpha value is -1.63. The molecule has 1 rings (SSSR count). The monoisotopic (exact) mass is 294 g/mol. The van der Waals surface area contributed by atoms with E-state index in [0.29, 0.717) is 6.07 Å². The molecule has 1 N–H and O–H groups in total. The summed E-state index contributed by atoms with van der Waals surface area (Å²) >= 11 is 0. The number of esters is 1. The third kappa shape index (κ3) is 3.93. The molecule has 3 nitrogen and oxygen atoms in total. The molecular weight excluding hydrogens is 280 g/mol. The average Bonchev–Trinajstić information content (AvgIpc) is 2.36. The van der Waals surface area contributed by atoms with Gasteiger partial charge in [-0.3, -0.25) is 4.79 Å². The second kappa shape index (κ2) is 6.21. The number of aliphatic hydroxyl groups excluding tert-OH is 1. The summed E-state index contributed by atoms with van der Waals surface area (Å²) in [5.41, 5.74) is -1.71. The van der Waals surface area contributed by atoms with E-state index in [1.165, 1.54) is 6.92 Å². The van der Waals surface area contributed by atoms with Crippen LogP contribution < -0.4 is 0 Å². The zero-order chi connectivity index (χ0) is 15.5. The van der Waals surface area contributed by atoms with Crippen molar-refractivity contribution in [2.24, 2.45) is 5.92 Å². The van der Waals surface area contributed by atoms with Crippen molar-refractivity contribution in [2.45, 2.75) is 25.6 Å². The molecule has 2 atom stereocenters. The van der Waals surface area contributed by atoms with Gasteiger partial charge in [-0.15, -0.1) is 0 Å². The van der Waals surface area contributed by atoms with Gasteiger partial charge in [0.1, 0.15) is 5.82 Å². The molecule has 0 heterocycles. The van der Waals surface area contributed by atoms with E-state index < -0.39 is 41.1 Å². The quantitative estimate of drug-likeness (QED) is 0.685. The van der Waals surface area contributed by atoms with E-state index in [4.69, 9.17) is 0 Å². The second-order valence-electron chi connectivity index (χ2n) is 4.43. The maximum absolute atomic E-state index is 13.0. The number of carbonyl (C=O) groups is 1. The summed E-state index contributed by atoms with van der Waals surface area (Å²) in [6, 6.07) is 2.03. The molecule has 0 aliphatic carbocycles. The molecule has 1 aromatic rings. The lowest BCUT2D eigenvalue weighted by Crippen LogP contribution is -2.19. The maximum atomic E-state index is 13.0. The minimum Gasteiger partial charge on any atom is -0.469 e. The van der Waals surface area contributed by atoms with E-state index in [1.54, 1.807) is 0 Å². The normalized spacial score (nSPS) is 14.8. The van der Waals surface area contributed by atoms with Gasteiger partial charge in [0.25, 0.3) is 0 Å². The van der Waals surface area contributed by atoms with E-state index in [9.17, 15) is 27.5 Å². The van der Waals surface area contributed by atoms with Gasteiger partial charge in [0.2, 0.25) is 0 Å². The van der Waals surface area contributed by atoms with Crippen molar-refractivity contribution in [1.82, 2.24) is 0 Å². The number of benzene rings is 1. The van der Waals surface area contributed by atoms with Crippen molar-refractivity contribution in [2.75, 3.05) is 7.11 Å². The molecule has 0 bridgehead atoms. The third-order valence-corrected chi connectivity index (χ3v) is 2.89. The van der Waals surface area contributed by atoms with Crippen LogP contribution in [-0.4, -0.2) is 18.2 Å². The van der Waals surface area contributed by atoms with Crippen LogP contribution in [0.3, 0.4) is 0 Å². The highest BCUT2D eigenvalue weighted by Crippen LogP contribution is 2.37. The highest BCUT2D eigenvalue weighted by atomic mass is 19.4. The fraction of sp³-hybridized carbons (Fsp3) is 0.462. The Labute approximate surface area is 113 Å². The number of aliphatic hydroxyl groups is 1. The lowest BCUT2D eigenvalue weighted by Gasteiger charge is -2.22. The fourth-order valence-corrected chi connectivity index (χ4v) is 1.80. The van der Waals surface area contributed by atoms with E-state index in [0.717, 1.165) is 19.2 Å². The molecule has 0 aromatic heterocycles. The van der Waals surface area contributed by atoms with Gasteiger partial charge in [0.15, 0.2) is 0 Å². The molecular formula is C13H14F4O3. The zero-order valence-corrected chi connectivity index (χ0v) is 10.9. The molecule has 0 aliphatic rings. The van der Waals surface area contributed by atoms with Crippen molar-refractivity contribution in [1.29, 1.82) is 0 Å². The molecule has 112 valence electrons. The minimum atomic E-state index is -4.79. The van der Waals surface area contributed by atoms with Crippen LogP contribution in [0, 0.1) is 11.7 Å². The van der Waals surface area contributed by atoms with Crippen LogP contribution in [0.2, 0.25) is 0 Å². The molecule has 20 heavy (non-hydrogen) atoms. The first-order valence-electron chi connectivity index (χ1n) is 5.78. The Kier molecular flexibility index (Phi) is 5.10. The van der Waals surface area contributed by atoms with Crippen LogP contribution in [0.4, 0.5) is 17.6 Å². The van der Waals surface area contributed by atoms with Crippen LogP contribution in [0.15, 0.2) is 18.2 Å². The molecule has 7 heteroatoms. The summed E-state index contributed by atoms with van der Waals surface area (Å²) in [5, 5.41) is 9.94. The molecule has 2 unspecified atom stereocenters. The number of ether oxygens (including phenoxy) is 1. The standard InChI is InChI=1S/C13H14F4O3/c1-7(5-11(18)20-2)12(19)9-4-3-8(14)6-10(9)13(15,16)17/h3-4,6-7,12,19H,5H2,1-2H3. The van der Waals surface area contributed by atoms with Crippen molar-refractivity contribution < 1.29 is 32.2 Å². The SMILES string of the molecule is COC(=O)CC(C)C(O)c1ccc(F)cc1C(F)(F)F. The third-order valence-electron chi connectivity index (χ3n) is 2.89. The van der Waals surface area contributed by atoms with Gasteiger partial charge in [-0.1, -0.05) is 13.0 Å². The van der Waals surface area contributed by atoms with Crippen molar-refractivity contribution >= 4 is 5.97 Å². The Morgan fingerprint density at radius 1 is 1.40 bits per heavy atom. The van der Waals surface area contributed by atoms with Crippen molar-refractivity contribution in [3.05, 3.63) is 35.1 Å². The van der Waals surface area contributed by atoms with E-state index in [2.05, 4.69) is 4.74 Å². The summed E-state index contributed by atoms with van der Waals surface area (Å²) in [6.45, 7) is 1.41. The summed E-state index contributed by atoms with van der Waals surface area (Å²) < 4.78 is 55.8. The number of methoxy groups -OCH3 is 1. The molecule has 0 fully saturated rings. The van der Waals surface area contributed by atoms with Crippen molar-refractivity contribution in [3.8, 4) is 0 Å². The highest BCUT2D eigenvalue weighted by molar-refractivity contribution is 5.69. The van der Waals surface area contributed by atoms with Crippen LogP contribution in [0.5, 0.6) is 0 Å². The van der Waals surface area contributed by atoms with E-state index >= 15 is 0 Å². The van der Waals surface area contributed by atoms with Crippen LogP contribution in [-0.2, 0) is 15.7 Å². The van der Waals surface area contributed by atoms with Crippen LogP contribution >= 0.6 is 0 Å². The summed E-state index contributed by atoms with van der Waals surface area (Å²) in [7, 11) is 1.14. The van der Waals surface area contributed by atoms with Gasteiger partial charge in [-0.05, 0) is 23.6 Å². The van der Waals surface area contributed by atoms with E-state index in [1.807, 2.05) is 0 Å². The van der Waals surface area contributed by atoms with Crippen LogP contribution in [0.1, 0.15) is 30.6 Å². The Morgan fingerprint density at radius 2 is 2.00 bits per heavy atom. The Bertz CT molecular complexity index is 485. The zero-order valence-electron chi connectivity index (χ0n) is 10.9. The topological polar surface area (TPSA) is 46.5 Å². The summed E-state index contributed by atoms with van der Waals surface area (Å²) in [5.74, 6) is -2.49. The van der Waals surface area contributed by atoms with Gasteiger partial charge in [-0.25, -0.2) is 4.39 Å². The first-order chi connectivity index (χ1) is 9.16. The van der Waals surface area contributed by atoms with Crippen LogP contribution in [0.25, 0.3) is 0 Å². The number of hydrogen-bond acceptors (Lipinski definition) is 3. The van der Waals surface area contributed by atoms with Crippen molar-refractivity contribution in [3.63, 3.8) is 0 Å². The summed E-state index contributed by atoms with van der Waals surface area (Å²) in [6.07, 6.45) is -6.58. The molecule has 0 radical (unpaired) electrons. The molecule has 0 saturated carbocycles. The second-order valence-corrected chi connectivity index (χ2v) is 4.43. The first-order valence-corrected chi connectivity index (χ1v) is 5.78. The molecule has 1 aromatic carbocycles. The smallest absolute Gasteiger partial charge is 0.416 e. The summed E-state index contributed by atoms with van der Waals surface area (Å²) in [4.78, 5) is 11.1. The lowest BCUT2D eigenvalue weighted by molar-refractivity contribution is -0.143. The lowest BCUT2D eigenvalue weighted by atomic mass is 9.91. The Morgan fingerprint density at radius 3 is 2.50 bits per heavy atom. The first kappa shape index (κ1) is 16.4. The minimum absolute atomic E-state index is 0.244. The molecule has 0 spiro atoms. The predicted molar refractivity (Wildman–Crippen MR) is 62.2 cm³/mol. The van der Waals surface area contributed by atoms with Gasteiger partial charge in [-0.2, -0.15) is 13.2 Å². The van der Waals surface area contributed by atoms with Gasteiger partial charge in [0.05, 0.1) is 25.2 Å². The van der Waals surface area contributed by atoms with Gasteiger partial charge in [0, 0.05) is 0 Å². The van der Waals surface area contributed by atoms with Gasteiger partial charge >= 0.3 is 12.1 Å². The Balaban J connectivity index is 3.09. The molecule has 0 saturated heterocycles. The van der Waals surface area contributed by atoms with E-state index in [-0.39, 0.29) is 6.42 Å². The number of rotatable bonds is 4. The maximum Gasteiger partial charge on any atom is 0.416 e. The number of hydrogen-bond donors (Lipinski definition) is 1. The molecule has 0 aliphatic heterocycles. The average molecular weight is 294 g/mol. The molecule has 0 amide bonds. The highest BCUT2D eigenvalue weighted by Gasteiger charge is 2.36. The number of carbonyl (C=O) groups excluding carboxylic acids is 1. The predicted octanol–water partition coefficient (Wildman–Crippen LogP) is 3.08.